The Hall–Kier alpha value is 0.0500. The lowest BCUT2D eigenvalue weighted by Gasteiger charge is -2.23. The topological polar surface area (TPSA) is 49.4 Å². The van der Waals surface area contributed by atoms with Gasteiger partial charge in [0.1, 0.15) is 4.90 Å². The van der Waals surface area contributed by atoms with Gasteiger partial charge in [-0.2, -0.15) is 4.31 Å². The second-order valence-electron chi connectivity index (χ2n) is 4.83. The van der Waals surface area contributed by atoms with Crippen LogP contribution in [0.2, 0.25) is 0 Å². The Morgan fingerprint density at radius 2 is 2.05 bits per heavy atom. The fraction of sp³-hybridized carbons (Fsp3) is 0.692. The molecule has 7 heteroatoms. The second-order valence-corrected chi connectivity index (χ2v) is 9.14. The van der Waals surface area contributed by atoms with Gasteiger partial charge in [0.25, 0.3) is 0 Å². The van der Waals surface area contributed by atoms with Crippen molar-refractivity contribution in [2.45, 2.75) is 51.6 Å². The third-order valence-corrected chi connectivity index (χ3v) is 7.31. The Morgan fingerprint density at radius 3 is 2.55 bits per heavy atom. The van der Waals surface area contributed by atoms with Crippen molar-refractivity contribution in [3.63, 3.8) is 0 Å². The van der Waals surface area contributed by atoms with Gasteiger partial charge in [-0.05, 0) is 48.8 Å². The number of rotatable bonds is 8. The molecule has 1 aromatic rings. The average Bonchev–Trinajstić information content (AvgIpc) is 2.71. The third-order valence-electron chi connectivity index (χ3n) is 2.91. The van der Waals surface area contributed by atoms with Crippen LogP contribution in [-0.2, 0) is 16.6 Å². The molecule has 0 spiro atoms. The number of hydrogen-bond acceptors (Lipinski definition) is 4. The summed E-state index contributed by atoms with van der Waals surface area (Å²) in [6.45, 7) is 9.88. The molecule has 0 bridgehead atoms. The summed E-state index contributed by atoms with van der Waals surface area (Å²) in [5, 5.41) is 3.29. The fourth-order valence-electron chi connectivity index (χ4n) is 1.99. The molecule has 4 nitrogen and oxygen atoms in total. The molecule has 1 N–H and O–H groups in total. The first kappa shape index (κ1) is 18.1. The summed E-state index contributed by atoms with van der Waals surface area (Å²) in [5.74, 6) is 0. The van der Waals surface area contributed by atoms with Crippen molar-refractivity contribution in [1.82, 2.24) is 9.62 Å². The molecule has 0 aliphatic rings. The van der Waals surface area contributed by atoms with E-state index >= 15 is 0 Å². The zero-order valence-electron chi connectivity index (χ0n) is 12.4. The number of hydrogen-bond donors (Lipinski definition) is 1. The summed E-state index contributed by atoms with van der Waals surface area (Å²) in [5.41, 5.74) is 0. The van der Waals surface area contributed by atoms with Crippen LogP contribution in [0.3, 0.4) is 0 Å². The Bertz CT molecular complexity index is 526. The summed E-state index contributed by atoms with van der Waals surface area (Å²) in [4.78, 5) is 1.41. The monoisotopic (exact) mass is 382 g/mol. The van der Waals surface area contributed by atoms with E-state index in [0.717, 1.165) is 17.8 Å². The van der Waals surface area contributed by atoms with Gasteiger partial charge in [0.05, 0.1) is 3.79 Å². The smallest absolute Gasteiger partial charge is 0.245 e. The van der Waals surface area contributed by atoms with Crippen LogP contribution in [0.25, 0.3) is 0 Å². The first-order chi connectivity index (χ1) is 9.34. The van der Waals surface area contributed by atoms with E-state index in [-0.39, 0.29) is 6.04 Å². The molecular weight excluding hydrogens is 360 g/mol. The van der Waals surface area contributed by atoms with Crippen LogP contribution in [-0.4, -0.2) is 31.9 Å². The lowest BCUT2D eigenvalue weighted by Crippen LogP contribution is -2.36. The normalized spacial score (nSPS) is 12.6. The summed E-state index contributed by atoms with van der Waals surface area (Å²) in [7, 11) is -3.42. The highest BCUT2D eigenvalue weighted by Gasteiger charge is 2.29. The highest BCUT2D eigenvalue weighted by Crippen LogP contribution is 2.34. The van der Waals surface area contributed by atoms with E-state index in [4.69, 9.17) is 0 Å². The van der Waals surface area contributed by atoms with Crippen LogP contribution in [0, 0.1) is 0 Å². The van der Waals surface area contributed by atoms with Gasteiger partial charge in [0, 0.05) is 24.0 Å². The largest absolute Gasteiger partial charge is 0.312 e. The van der Waals surface area contributed by atoms with Gasteiger partial charge in [-0.15, -0.1) is 11.3 Å². The number of thiophene rings is 1. The van der Waals surface area contributed by atoms with Crippen molar-refractivity contribution in [3.05, 3.63) is 14.7 Å². The van der Waals surface area contributed by atoms with Gasteiger partial charge in [-0.3, -0.25) is 0 Å². The SMILES string of the molecule is CCCNCc1cc(S(=O)(=O)N(CC)C(C)C)c(Br)s1. The Kier molecular flexibility index (Phi) is 7.14. The minimum absolute atomic E-state index is 0.0431. The van der Waals surface area contributed by atoms with Crippen molar-refractivity contribution in [3.8, 4) is 0 Å². The van der Waals surface area contributed by atoms with Crippen molar-refractivity contribution in [1.29, 1.82) is 0 Å². The predicted octanol–water partition coefficient (Wildman–Crippen LogP) is 3.43. The van der Waals surface area contributed by atoms with E-state index in [1.54, 1.807) is 6.07 Å². The summed E-state index contributed by atoms with van der Waals surface area (Å²) >= 11 is 4.87. The molecule has 0 aliphatic heterocycles. The standard InChI is InChI=1S/C13H23BrN2O2S2/c1-5-7-15-9-11-8-12(13(14)19-11)20(17,18)16(6-2)10(3)4/h8,10,15H,5-7,9H2,1-4H3. The van der Waals surface area contributed by atoms with Gasteiger partial charge < -0.3 is 5.32 Å². The summed E-state index contributed by atoms with van der Waals surface area (Å²) in [6.07, 6.45) is 1.06. The number of sulfonamides is 1. The highest BCUT2D eigenvalue weighted by atomic mass is 79.9. The zero-order chi connectivity index (χ0) is 15.3. The van der Waals surface area contributed by atoms with Gasteiger partial charge >= 0.3 is 0 Å². The number of halogens is 1. The summed E-state index contributed by atoms with van der Waals surface area (Å²) in [6, 6.07) is 1.73. The van der Waals surface area contributed by atoms with E-state index in [1.807, 2.05) is 20.8 Å². The quantitative estimate of drug-likeness (QED) is 0.700. The van der Waals surface area contributed by atoms with Crippen LogP contribution in [0.15, 0.2) is 14.7 Å². The molecule has 0 saturated heterocycles. The summed E-state index contributed by atoms with van der Waals surface area (Å²) < 4.78 is 27.5. The van der Waals surface area contributed by atoms with E-state index in [2.05, 4.69) is 28.2 Å². The van der Waals surface area contributed by atoms with Gasteiger partial charge in [0.15, 0.2) is 0 Å². The van der Waals surface area contributed by atoms with Crippen LogP contribution >= 0.6 is 27.3 Å². The van der Waals surface area contributed by atoms with E-state index in [0.29, 0.717) is 21.8 Å². The molecule has 0 saturated carbocycles. The maximum absolute atomic E-state index is 12.7. The minimum Gasteiger partial charge on any atom is -0.312 e. The van der Waals surface area contributed by atoms with Crippen molar-refractivity contribution in [2.75, 3.05) is 13.1 Å². The van der Waals surface area contributed by atoms with Crippen molar-refractivity contribution in [2.24, 2.45) is 0 Å². The van der Waals surface area contributed by atoms with Crippen LogP contribution in [0.1, 0.15) is 39.0 Å². The van der Waals surface area contributed by atoms with Gasteiger partial charge in [-0.25, -0.2) is 8.42 Å². The Balaban J connectivity index is 3.01. The minimum atomic E-state index is -3.42. The van der Waals surface area contributed by atoms with E-state index < -0.39 is 10.0 Å². The lowest BCUT2D eigenvalue weighted by molar-refractivity contribution is 0.369. The zero-order valence-corrected chi connectivity index (χ0v) is 15.7. The second kappa shape index (κ2) is 7.89. The Labute approximate surface area is 134 Å². The number of nitrogens with one attached hydrogen (secondary N) is 1. The Morgan fingerprint density at radius 1 is 1.40 bits per heavy atom. The van der Waals surface area contributed by atoms with Crippen LogP contribution < -0.4 is 5.32 Å². The first-order valence-corrected chi connectivity index (χ1v) is 9.90. The molecule has 0 fully saturated rings. The molecule has 0 aromatic carbocycles. The third kappa shape index (κ3) is 4.27. The molecule has 116 valence electrons. The molecule has 0 amide bonds. The molecule has 0 unspecified atom stereocenters. The van der Waals surface area contributed by atoms with Crippen LogP contribution in [0.4, 0.5) is 0 Å². The van der Waals surface area contributed by atoms with E-state index in [1.165, 1.54) is 15.6 Å². The van der Waals surface area contributed by atoms with Gasteiger partial charge in [-0.1, -0.05) is 13.8 Å². The first-order valence-electron chi connectivity index (χ1n) is 6.85. The molecule has 1 heterocycles. The predicted molar refractivity (Wildman–Crippen MR) is 88.7 cm³/mol. The molecule has 0 aliphatic carbocycles. The van der Waals surface area contributed by atoms with Gasteiger partial charge in [0.2, 0.25) is 10.0 Å². The molecule has 0 radical (unpaired) electrons. The highest BCUT2D eigenvalue weighted by molar-refractivity contribution is 9.11. The molecule has 1 aromatic heterocycles. The lowest BCUT2D eigenvalue weighted by atomic mass is 10.4. The molecular formula is C13H23BrN2O2S2. The maximum atomic E-state index is 12.7. The molecule has 20 heavy (non-hydrogen) atoms. The fourth-order valence-corrected chi connectivity index (χ4v) is 6.24. The van der Waals surface area contributed by atoms with E-state index in [9.17, 15) is 8.42 Å². The molecule has 0 atom stereocenters. The maximum Gasteiger partial charge on any atom is 0.245 e. The van der Waals surface area contributed by atoms with Crippen LogP contribution in [0.5, 0.6) is 0 Å². The van der Waals surface area contributed by atoms with Crippen molar-refractivity contribution >= 4 is 37.3 Å². The average molecular weight is 383 g/mol. The molecule has 1 rings (SSSR count). The number of nitrogens with zero attached hydrogens (tertiary/aromatic N) is 1. The van der Waals surface area contributed by atoms with Crippen molar-refractivity contribution < 1.29 is 8.42 Å².